The van der Waals surface area contributed by atoms with Crippen LogP contribution in [0.2, 0.25) is 0 Å². The number of amides is 4. The van der Waals surface area contributed by atoms with Crippen LogP contribution in [-0.2, 0) is 16.2 Å². The molecule has 4 amide bonds. The number of rotatable bonds is 9. The van der Waals surface area contributed by atoms with Crippen LogP contribution in [0.3, 0.4) is 0 Å². The van der Waals surface area contributed by atoms with Crippen LogP contribution in [0.25, 0.3) is 16.8 Å². The van der Waals surface area contributed by atoms with Crippen molar-refractivity contribution in [3.05, 3.63) is 171 Å². The van der Waals surface area contributed by atoms with Gasteiger partial charge in [-0.3, -0.25) is 14.9 Å². The van der Waals surface area contributed by atoms with E-state index in [0.717, 1.165) is 58.3 Å². The molecule has 1 N–H and O–H groups in total. The standard InChI is InChI=1S/C48H40BrN3O5/c1-2-56-43-26-30(25-42(49)45(43)57-29-34-18-11-17-31-16-9-10-19-36(31)34)24-41-46(53)50-48(55)52(47(41)54)35-27-39-37(32-12-5-3-6-13-32)20-22-51-23-21-38(40(28-35)44(39)51)33-14-7-4-8-15-33/h3-19,24-28,37-38H,2,20-23,29H2,1H3,(H,50,53,55)/b41-24+/t37-,38-/m1/s1. The predicted octanol–water partition coefficient (Wildman–Crippen LogP) is 10.1. The number of halogens is 1. The lowest BCUT2D eigenvalue weighted by Gasteiger charge is -2.44. The predicted molar refractivity (Wildman–Crippen MR) is 227 cm³/mol. The van der Waals surface area contributed by atoms with Gasteiger partial charge in [0.05, 0.1) is 16.8 Å². The first-order valence-corrected chi connectivity index (χ1v) is 20.2. The molecule has 3 heterocycles. The van der Waals surface area contributed by atoms with E-state index in [9.17, 15) is 14.4 Å². The summed E-state index contributed by atoms with van der Waals surface area (Å²) in [5.41, 5.74) is 7.52. The third kappa shape index (κ3) is 6.86. The van der Waals surface area contributed by atoms with Gasteiger partial charge in [-0.15, -0.1) is 0 Å². The smallest absolute Gasteiger partial charge is 0.335 e. The first-order valence-electron chi connectivity index (χ1n) is 19.4. The molecule has 9 rings (SSSR count). The van der Waals surface area contributed by atoms with E-state index in [1.165, 1.54) is 22.9 Å². The second-order valence-electron chi connectivity index (χ2n) is 14.6. The average Bonchev–Trinajstić information content (AvgIpc) is 3.23. The first-order chi connectivity index (χ1) is 27.9. The van der Waals surface area contributed by atoms with Gasteiger partial charge in [0.2, 0.25) is 0 Å². The number of hydrogen-bond acceptors (Lipinski definition) is 6. The molecule has 0 aromatic heterocycles. The lowest BCUT2D eigenvalue weighted by Crippen LogP contribution is -2.54. The van der Waals surface area contributed by atoms with Gasteiger partial charge >= 0.3 is 6.03 Å². The van der Waals surface area contributed by atoms with Crippen LogP contribution in [0.5, 0.6) is 11.5 Å². The van der Waals surface area contributed by atoms with Crippen molar-refractivity contribution in [2.75, 3.05) is 29.5 Å². The van der Waals surface area contributed by atoms with Gasteiger partial charge in [-0.1, -0.05) is 103 Å². The molecule has 6 aromatic rings. The summed E-state index contributed by atoms with van der Waals surface area (Å²) in [6.45, 7) is 4.37. The molecule has 6 aromatic carbocycles. The van der Waals surface area contributed by atoms with Crippen LogP contribution in [-0.4, -0.2) is 37.5 Å². The summed E-state index contributed by atoms with van der Waals surface area (Å²) in [7, 11) is 0. The lowest BCUT2D eigenvalue weighted by molar-refractivity contribution is -0.122. The van der Waals surface area contributed by atoms with Gasteiger partial charge in [-0.25, -0.2) is 9.69 Å². The Hall–Kier alpha value is -6.19. The Morgan fingerprint density at radius 1 is 0.754 bits per heavy atom. The maximum Gasteiger partial charge on any atom is 0.335 e. The molecule has 9 heteroatoms. The molecule has 3 aliphatic heterocycles. The zero-order chi connectivity index (χ0) is 39.0. The van der Waals surface area contributed by atoms with Crippen LogP contribution in [0.15, 0.2) is 137 Å². The van der Waals surface area contributed by atoms with E-state index in [1.807, 2.05) is 79.7 Å². The number of fused-ring (bicyclic) bond motifs is 1. The van der Waals surface area contributed by atoms with E-state index >= 15 is 0 Å². The van der Waals surface area contributed by atoms with Gasteiger partial charge < -0.3 is 14.4 Å². The van der Waals surface area contributed by atoms with Crippen molar-refractivity contribution >= 4 is 62.0 Å². The molecule has 57 heavy (non-hydrogen) atoms. The molecule has 0 aliphatic carbocycles. The summed E-state index contributed by atoms with van der Waals surface area (Å²) in [4.78, 5) is 45.3. The van der Waals surface area contributed by atoms with E-state index in [-0.39, 0.29) is 17.4 Å². The molecule has 0 saturated carbocycles. The van der Waals surface area contributed by atoms with Crippen molar-refractivity contribution in [2.45, 2.75) is 38.2 Å². The molecule has 0 spiro atoms. The van der Waals surface area contributed by atoms with Gasteiger partial charge in [-0.2, -0.15) is 0 Å². The number of benzene rings is 6. The number of imide groups is 2. The molecule has 0 bridgehead atoms. The largest absolute Gasteiger partial charge is 0.490 e. The molecular weight excluding hydrogens is 778 g/mol. The van der Waals surface area contributed by atoms with E-state index in [1.54, 1.807) is 12.1 Å². The Morgan fingerprint density at radius 3 is 2.05 bits per heavy atom. The molecule has 0 unspecified atom stereocenters. The number of nitrogens with zero attached hydrogens (tertiary/aromatic N) is 2. The number of urea groups is 1. The Morgan fingerprint density at radius 2 is 1.39 bits per heavy atom. The summed E-state index contributed by atoms with van der Waals surface area (Å²) >= 11 is 3.67. The zero-order valence-electron chi connectivity index (χ0n) is 31.4. The summed E-state index contributed by atoms with van der Waals surface area (Å²) < 4.78 is 13.0. The van der Waals surface area contributed by atoms with Gasteiger partial charge in [0.1, 0.15) is 12.2 Å². The van der Waals surface area contributed by atoms with Crippen molar-refractivity contribution < 1.29 is 23.9 Å². The highest BCUT2D eigenvalue weighted by molar-refractivity contribution is 9.10. The summed E-state index contributed by atoms with van der Waals surface area (Å²) in [5.74, 6) is -0.366. The maximum absolute atomic E-state index is 14.5. The summed E-state index contributed by atoms with van der Waals surface area (Å²) in [6, 6.07) is 41.8. The molecule has 3 aliphatic rings. The second-order valence-corrected chi connectivity index (χ2v) is 15.5. The van der Waals surface area contributed by atoms with Crippen molar-refractivity contribution in [2.24, 2.45) is 0 Å². The number of nitrogens with one attached hydrogen (secondary N) is 1. The van der Waals surface area contributed by atoms with Crippen molar-refractivity contribution in [3.8, 4) is 11.5 Å². The van der Waals surface area contributed by atoms with Crippen molar-refractivity contribution in [3.63, 3.8) is 0 Å². The minimum Gasteiger partial charge on any atom is -0.490 e. The molecule has 1 saturated heterocycles. The van der Waals surface area contributed by atoms with E-state index in [2.05, 4.69) is 68.6 Å². The fourth-order valence-corrected chi connectivity index (χ4v) is 9.24. The van der Waals surface area contributed by atoms with Crippen LogP contribution in [0.4, 0.5) is 16.2 Å². The maximum atomic E-state index is 14.5. The normalized spacial score (nSPS) is 18.4. The number of anilines is 2. The highest BCUT2D eigenvalue weighted by Crippen LogP contribution is 2.50. The SMILES string of the molecule is CCOc1cc(/C=C2\C(=O)NC(=O)N(c3cc4c5c(c3)[C@@H](c3ccccc3)CCN5CC[C@@H]4c3ccccc3)C2=O)cc(Br)c1OCc1cccc2ccccc12. The number of ether oxygens (including phenoxy) is 2. The van der Waals surface area contributed by atoms with E-state index in [4.69, 9.17) is 9.47 Å². The Labute approximate surface area is 339 Å². The second kappa shape index (κ2) is 15.4. The minimum absolute atomic E-state index is 0.0703. The van der Waals surface area contributed by atoms with Crippen LogP contribution >= 0.6 is 15.9 Å². The van der Waals surface area contributed by atoms with Crippen LogP contribution in [0.1, 0.15) is 65.0 Å². The highest BCUT2D eigenvalue weighted by Gasteiger charge is 2.40. The van der Waals surface area contributed by atoms with Gasteiger partial charge in [0.25, 0.3) is 11.8 Å². The summed E-state index contributed by atoms with van der Waals surface area (Å²) in [6.07, 6.45) is 3.30. The topological polar surface area (TPSA) is 88.2 Å². The number of carbonyl (C=O) groups is 3. The zero-order valence-corrected chi connectivity index (χ0v) is 33.0. The highest BCUT2D eigenvalue weighted by atomic mass is 79.9. The Bertz CT molecular complexity index is 2500. The van der Waals surface area contributed by atoms with Crippen LogP contribution in [0, 0.1) is 0 Å². The number of carbonyl (C=O) groups excluding carboxylic acids is 3. The lowest BCUT2D eigenvalue weighted by atomic mass is 9.76. The molecule has 2 atom stereocenters. The molecule has 8 nitrogen and oxygen atoms in total. The Balaban J connectivity index is 1.09. The molecule has 0 radical (unpaired) electrons. The number of hydrogen-bond donors (Lipinski definition) is 1. The third-order valence-corrected chi connectivity index (χ3v) is 11.8. The minimum atomic E-state index is -0.779. The fraction of sp³-hybridized carbons (Fsp3) is 0.188. The van der Waals surface area contributed by atoms with E-state index in [0.29, 0.717) is 40.4 Å². The monoisotopic (exact) mass is 817 g/mol. The van der Waals surface area contributed by atoms with Crippen LogP contribution < -0.4 is 24.6 Å². The molecular formula is C48H40BrN3O5. The van der Waals surface area contributed by atoms with E-state index < -0.39 is 17.8 Å². The molecule has 284 valence electrons. The number of barbiturate groups is 1. The molecule has 1 fully saturated rings. The van der Waals surface area contributed by atoms with Gasteiger partial charge in [-0.05, 0) is 110 Å². The van der Waals surface area contributed by atoms with Crippen molar-refractivity contribution in [1.82, 2.24) is 5.32 Å². The fourth-order valence-electron chi connectivity index (χ4n) is 8.67. The Kier molecular flexibility index (Phi) is 9.84. The summed E-state index contributed by atoms with van der Waals surface area (Å²) in [5, 5.41) is 4.68. The van der Waals surface area contributed by atoms with Gasteiger partial charge in [0.15, 0.2) is 11.5 Å². The van der Waals surface area contributed by atoms with Gasteiger partial charge in [0, 0.05) is 30.6 Å². The quantitative estimate of drug-likeness (QED) is 0.116. The average molecular weight is 819 g/mol. The third-order valence-electron chi connectivity index (χ3n) is 11.3. The first kappa shape index (κ1) is 36.4. The van der Waals surface area contributed by atoms with Crippen molar-refractivity contribution in [1.29, 1.82) is 0 Å².